The van der Waals surface area contributed by atoms with Gasteiger partial charge >= 0.3 is 0 Å². The molecule has 3 rings (SSSR count). The van der Waals surface area contributed by atoms with Crippen molar-refractivity contribution in [3.63, 3.8) is 0 Å². The SMILES string of the molecule is O=S(=O)(O)C(c1ccc(Cl)cc1)(c1ccc(Cl)c(Cl)c1)c1cc(Cl)cc(O)c1O. The van der Waals surface area contributed by atoms with Gasteiger partial charge in [0.05, 0.1) is 10.0 Å². The van der Waals surface area contributed by atoms with Crippen LogP contribution in [0.4, 0.5) is 0 Å². The van der Waals surface area contributed by atoms with Gasteiger partial charge in [0.25, 0.3) is 10.1 Å². The van der Waals surface area contributed by atoms with E-state index >= 15 is 0 Å². The fourth-order valence-electron chi connectivity index (χ4n) is 3.17. The van der Waals surface area contributed by atoms with Gasteiger partial charge in [-0.25, -0.2) is 0 Å². The monoisotopic (exact) mass is 492 g/mol. The molecule has 0 aliphatic rings. The number of hydrogen-bond acceptors (Lipinski definition) is 4. The Hall–Kier alpha value is -1.67. The highest BCUT2D eigenvalue weighted by Crippen LogP contribution is 2.50. The van der Waals surface area contributed by atoms with E-state index in [1.54, 1.807) is 0 Å². The number of phenolic OH excluding ortho intramolecular Hbond substituents is 2. The highest BCUT2D eigenvalue weighted by Gasteiger charge is 2.50. The fraction of sp³-hybridized carbons (Fsp3) is 0.0526. The highest BCUT2D eigenvalue weighted by molar-refractivity contribution is 7.87. The molecule has 1 atom stereocenters. The molecular weight excluding hydrogens is 482 g/mol. The zero-order chi connectivity index (χ0) is 21.6. The van der Waals surface area contributed by atoms with Crippen LogP contribution in [0.2, 0.25) is 20.1 Å². The van der Waals surface area contributed by atoms with Crippen molar-refractivity contribution in [2.75, 3.05) is 0 Å². The van der Waals surface area contributed by atoms with E-state index in [-0.39, 0.29) is 31.8 Å². The molecule has 0 saturated heterocycles. The first-order chi connectivity index (χ1) is 13.5. The van der Waals surface area contributed by atoms with Crippen LogP contribution in [0, 0.1) is 0 Å². The summed E-state index contributed by atoms with van der Waals surface area (Å²) in [5.74, 6) is -1.46. The van der Waals surface area contributed by atoms with Gasteiger partial charge in [0.15, 0.2) is 16.2 Å². The first-order valence-electron chi connectivity index (χ1n) is 7.89. The first kappa shape index (κ1) is 22.0. The van der Waals surface area contributed by atoms with Crippen LogP contribution < -0.4 is 0 Å². The molecule has 0 aliphatic heterocycles. The van der Waals surface area contributed by atoms with Gasteiger partial charge in [-0.15, -0.1) is 0 Å². The predicted molar refractivity (Wildman–Crippen MR) is 114 cm³/mol. The third-order valence-electron chi connectivity index (χ3n) is 4.40. The van der Waals surface area contributed by atoms with E-state index in [0.29, 0.717) is 5.02 Å². The van der Waals surface area contributed by atoms with Gasteiger partial charge in [-0.05, 0) is 41.5 Å². The molecule has 0 aromatic heterocycles. The molecule has 0 bridgehead atoms. The number of aromatic hydroxyl groups is 2. The smallest absolute Gasteiger partial charge is 0.283 e. The quantitative estimate of drug-likeness (QED) is 0.239. The molecule has 0 heterocycles. The average Bonchev–Trinajstić information content (AvgIpc) is 2.62. The maximum Gasteiger partial charge on any atom is 0.283 e. The Morgan fingerprint density at radius 2 is 1.31 bits per heavy atom. The summed E-state index contributed by atoms with van der Waals surface area (Å²) >= 11 is 24.0. The minimum absolute atomic E-state index is 0.0110. The van der Waals surface area contributed by atoms with Crippen molar-refractivity contribution < 1.29 is 23.2 Å². The van der Waals surface area contributed by atoms with E-state index in [1.165, 1.54) is 42.5 Å². The lowest BCUT2D eigenvalue weighted by molar-refractivity contribution is 0.394. The Kier molecular flexibility index (Phi) is 5.98. The van der Waals surface area contributed by atoms with Crippen LogP contribution >= 0.6 is 46.4 Å². The van der Waals surface area contributed by atoms with E-state index in [0.717, 1.165) is 12.1 Å². The largest absolute Gasteiger partial charge is 0.504 e. The van der Waals surface area contributed by atoms with Gasteiger partial charge in [-0.3, -0.25) is 4.55 Å². The molecule has 0 fully saturated rings. The summed E-state index contributed by atoms with van der Waals surface area (Å²) in [7, 11) is -5.06. The Labute approximate surface area is 186 Å². The molecule has 5 nitrogen and oxygen atoms in total. The fourth-order valence-corrected chi connectivity index (χ4v) is 5.10. The lowest BCUT2D eigenvalue weighted by atomic mass is 9.83. The van der Waals surface area contributed by atoms with E-state index in [4.69, 9.17) is 46.4 Å². The van der Waals surface area contributed by atoms with Crippen molar-refractivity contribution in [3.05, 3.63) is 91.4 Å². The van der Waals surface area contributed by atoms with Crippen molar-refractivity contribution in [1.29, 1.82) is 0 Å². The third-order valence-corrected chi connectivity index (χ3v) is 7.07. The number of hydrogen-bond donors (Lipinski definition) is 3. The van der Waals surface area contributed by atoms with Gasteiger partial charge in [0.2, 0.25) is 0 Å². The summed E-state index contributed by atoms with van der Waals surface area (Å²) < 4.78 is 33.9. The second-order valence-corrected chi connectivity index (χ2v) is 9.36. The molecule has 152 valence electrons. The molecule has 3 aromatic rings. The third kappa shape index (κ3) is 3.77. The number of halogens is 4. The topological polar surface area (TPSA) is 94.8 Å². The second kappa shape index (κ2) is 7.87. The van der Waals surface area contributed by atoms with Crippen LogP contribution in [-0.2, 0) is 14.9 Å². The van der Waals surface area contributed by atoms with E-state index in [1.807, 2.05) is 0 Å². The molecular formula is C19H12Cl4O5S. The molecule has 29 heavy (non-hydrogen) atoms. The summed E-state index contributed by atoms with van der Waals surface area (Å²) in [6.07, 6.45) is 0. The standard InChI is InChI=1S/C19H12Cl4O5S/c20-12-4-1-10(2-5-12)19(29(26,27)28,11-3-6-15(22)16(23)7-11)14-8-13(21)9-17(24)18(14)25/h1-9,24-25H,(H,26,27,28). The van der Waals surface area contributed by atoms with Crippen LogP contribution in [0.25, 0.3) is 0 Å². The Bertz CT molecular complexity index is 1200. The van der Waals surface area contributed by atoms with Gasteiger partial charge in [0, 0.05) is 21.7 Å². The Balaban J connectivity index is 2.58. The summed E-state index contributed by atoms with van der Waals surface area (Å²) in [4.78, 5) is 0. The maximum absolute atomic E-state index is 12.9. The predicted octanol–water partition coefficient (Wildman–Crippen LogP) is 5.89. The summed E-state index contributed by atoms with van der Waals surface area (Å²) in [5.41, 5.74) is -0.417. The lowest BCUT2D eigenvalue weighted by Gasteiger charge is -2.33. The van der Waals surface area contributed by atoms with Gasteiger partial charge < -0.3 is 10.2 Å². The molecule has 10 heteroatoms. The molecule has 0 saturated carbocycles. The van der Waals surface area contributed by atoms with Gasteiger partial charge in [-0.2, -0.15) is 8.42 Å². The van der Waals surface area contributed by atoms with E-state index < -0.39 is 26.4 Å². The molecule has 0 radical (unpaired) electrons. The van der Waals surface area contributed by atoms with Crippen LogP contribution in [-0.4, -0.2) is 23.2 Å². The number of rotatable bonds is 4. The summed E-state index contributed by atoms with van der Waals surface area (Å²) in [6.45, 7) is 0. The van der Waals surface area contributed by atoms with Crippen LogP contribution in [0.1, 0.15) is 16.7 Å². The number of phenols is 2. The Morgan fingerprint density at radius 3 is 1.86 bits per heavy atom. The van der Waals surface area contributed by atoms with Crippen molar-refractivity contribution in [2.45, 2.75) is 4.75 Å². The minimum Gasteiger partial charge on any atom is -0.504 e. The zero-order valence-electron chi connectivity index (χ0n) is 14.3. The molecule has 3 aromatic carbocycles. The molecule has 0 aliphatic carbocycles. The van der Waals surface area contributed by atoms with E-state index in [2.05, 4.69) is 0 Å². The van der Waals surface area contributed by atoms with Crippen molar-refractivity contribution >= 4 is 56.5 Å². The molecule has 0 spiro atoms. The van der Waals surface area contributed by atoms with Crippen LogP contribution in [0.5, 0.6) is 11.5 Å². The van der Waals surface area contributed by atoms with Gasteiger partial charge in [-0.1, -0.05) is 64.6 Å². The zero-order valence-corrected chi connectivity index (χ0v) is 18.1. The molecule has 0 amide bonds. The highest BCUT2D eigenvalue weighted by atomic mass is 35.5. The second-order valence-electron chi connectivity index (χ2n) is 6.11. The maximum atomic E-state index is 12.9. The van der Waals surface area contributed by atoms with Crippen LogP contribution in [0.15, 0.2) is 54.6 Å². The first-order valence-corrected chi connectivity index (χ1v) is 10.8. The normalized spacial score (nSPS) is 13.8. The number of benzene rings is 3. The summed E-state index contributed by atoms with van der Waals surface area (Å²) in [6, 6.07) is 11.6. The average molecular weight is 494 g/mol. The molecule has 3 N–H and O–H groups in total. The van der Waals surface area contributed by atoms with Crippen LogP contribution in [0.3, 0.4) is 0 Å². The Morgan fingerprint density at radius 1 is 0.724 bits per heavy atom. The van der Waals surface area contributed by atoms with Gasteiger partial charge in [0.1, 0.15) is 0 Å². The van der Waals surface area contributed by atoms with Crippen molar-refractivity contribution in [3.8, 4) is 11.5 Å². The summed E-state index contributed by atoms with van der Waals surface area (Å²) in [5, 5.41) is 21.0. The minimum atomic E-state index is -5.06. The van der Waals surface area contributed by atoms with Crippen molar-refractivity contribution in [1.82, 2.24) is 0 Å². The lowest BCUT2D eigenvalue weighted by Crippen LogP contribution is -2.38. The van der Waals surface area contributed by atoms with E-state index in [9.17, 15) is 23.2 Å². The van der Waals surface area contributed by atoms with Crippen molar-refractivity contribution in [2.24, 2.45) is 0 Å². The molecule has 1 unspecified atom stereocenters.